The van der Waals surface area contributed by atoms with E-state index in [1.165, 1.54) is 17.3 Å². The average molecular weight is 455 g/mol. The molecule has 1 aromatic heterocycles. The predicted octanol–water partition coefficient (Wildman–Crippen LogP) is 3.56. The van der Waals surface area contributed by atoms with Gasteiger partial charge in [-0.25, -0.2) is 4.98 Å². The molecule has 0 unspecified atom stereocenters. The Bertz CT molecular complexity index is 1040. The van der Waals surface area contributed by atoms with Gasteiger partial charge in [0.25, 0.3) is 0 Å². The summed E-state index contributed by atoms with van der Waals surface area (Å²) >= 11 is 13.8. The highest BCUT2D eigenvalue weighted by atomic mass is 35.5. The van der Waals surface area contributed by atoms with Crippen LogP contribution in [0.3, 0.4) is 0 Å². The van der Waals surface area contributed by atoms with Crippen molar-refractivity contribution in [1.82, 2.24) is 9.55 Å². The molecule has 1 aliphatic rings. The van der Waals surface area contributed by atoms with E-state index in [0.717, 1.165) is 5.56 Å². The average Bonchev–Trinajstić information content (AvgIpc) is 3.17. The van der Waals surface area contributed by atoms with Gasteiger partial charge in [-0.05, 0) is 24.6 Å². The van der Waals surface area contributed by atoms with Crippen LogP contribution in [0.2, 0.25) is 10.0 Å². The number of rotatable bonds is 5. The molecule has 1 saturated heterocycles. The van der Waals surface area contributed by atoms with E-state index in [1.807, 2.05) is 25.1 Å². The van der Waals surface area contributed by atoms with Gasteiger partial charge in [-0.1, -0.05) is 64.8 Å². The molecule has 2 aromatic carbocycles. The van der Waals surface area contributed by atoms with Crippen molar-refractivity contribution >= 4 is 46.0 Å². The molecule has 0 amide bonds. The summed E-state index contributed by atoms with van der Waals surface area (Å²) in [5.41, 5.74) is 3.52. The van der Waals surface area contributed by atoms with E-state index in [9.17, 15) is 15.3 Å². The van der Waals surface area contributed by atoms with Crippen LogP contribution in [0.15, 0.2) is 41.6 Å². The minimum atomic E-state index is -1.22. The molecule has 3 N–H and O–H groups in total. The lowest BCUT2D eigenvalue weighted by molar-refractivity contribution is -0.0546. The smallest absolute Gasteiger partial charge is 0.171 e. The monoisotopic (exact) mass is 454 g/mol. The number of aromatic nitrogens is 2. The molecular formula is C20H20Cl2N2O4S. The predicted molar refractivity (Wildman–Crippen MR) is 114 cm³/mol. The Kier molecular flexibility index (Phi) is 6.09. The Balaban J connectivity index is 1.76. The summed E-state index contributed by atoms with van der Waals surface area (Å²) in [5, 5.41) is 31.5. The third-order valence-corrected chi connectivity index (χ3v) is 6.67. The van der Waals surface area contributed by atoms with Gasteiger partial charge in [-0.15, -0.1) is 0 Å². The van der Waals surface area contributed by atoms with Crippen molar-refractivity contribution in [1.29, 1.82) is 0 Å². The van der Waals surface area contributed by atoms with Crippen LogP contribution < -0.4 is 0 Å². The zero-order valence-electron chi connectivity index (χ0n) is 15.5. The van der Waals surface area contributed by atoms with Crippen LogP contribution in [0.5, 0.6) is 0 Å². The molecule has 1 fully saturated rings. The Morgan fingerprint density at radius 1 is 1.14 bits per heavy atom. The number of aryl methyl sites for hydroxylation is 1. The third-order valence-electron chi connectivity index (χ3n) is 4.92. The van der Waals surface area contributed by atoms with Crippen molar-refractivity contribution in [3.8, 4) is 0 Å². The SMILES string of the molecule is Cc1cccc(CSc2nc3cc(Cl)c(Cl)cc3n2[C@@H]2O[C@H](CO)[C@@H](O)[C@H]2O)c1. The van der Waals surface area contributed by atoms with E-state index in [-0.39, 0.29) is 0 Å². The molecule has 0 spiro atoms. The van der Waals surface area contributed by atoms with Gasteiger partial charge in [0.2, 0.25) is 0 Å². The number of halogens is 2. The maximum atomic E-state index is 10.6. The Morgan fingerprint density at radius 3 is 2.59 bits per heavy atom. The second-order valence-electron chi connectivity index (χ2n) is 7.03. The van der Waals surface area contributed by atoms with Gasteiger partial charge in [0.05, 0.1) is 27.7 Å². The van der Waals surface area contributed by atoms with Crippen LogP contribution in [0.1, 0.15) is 17.4 Å². The maximum absolute atomic E-state index is 10.6. The number of imidazole rings is 1. The fraction of sp³-hybridized carbons (Fsp3) is 0.350. The summed E-state index contributed by atoms with van der Waals surface area (Å²) in [6.07, 6.45) is -4.23. The zero-order chi connectivity index (χ0) is 20.7. The Morgan fingerprint density at radius 2 is 1.90 bits per heavy atom. The van der Waals surface area contributed by atoms with Crippen LogP contribution in [0.4, 0.5) is 0 Å². The number of aliphatic hydroxyl groups is 3. The lowest BCUT2D eigenvalue weighted by Crippen LogP contribution is -2.33. The second-order valence-corrected chi connectivity index (χ2v) is 8.78. The number of thioether (sulfide) groups is 1. The number of hydrogen-bond acceptors (Lipinski definition) is 6. The number of ether oxygens (including phenoxy) is 1. The number of benzene rings is 2. The van der Waals surface area contributed by atoms with Gasteiger partial charge in [0.1, 0.15) is 18.3 Å². The first-order valence-corrected chi connectivity index (χ1v) is 10.8. The maximum Gasteiger partial charge on any atom is 0.171 e. The molecule has 0 aliphatic carbocycles. The van der Waals surface area contributed by atoms with E-state index in [4.69, 9.17) is 27.9 Å². The summed E-state index contributed by atoms with van der Waals surface area (Å²) in [4.78, 5) is 4.65. The topological polar surface area (TPSA) is 87.7 Å². The van der Waals surface area contributed by atoms with Crippen LogP contribution >= 0.6 is 35.0 Å². The largest absolute Gasteiger partial charge is 0.394 e. The molecule has 6 nitrogen and oxygen atoms in total. The molecule has 0 radical (unpaired) electrons. The summed E-state index contributed by atoms with van der Waals surface area (Å²) in [6, 6.07) is 11.5. The summed E-state index contributed by atoms with van der Waals surface area (Å²) < 4.78 is 7.46. The van der Waals surface area contributed by atoms with E-state index in [2.05, 4.69) is 11.1 Å². The molecule has 2 heterocycles. The molecule has 3 aromatic rings. The summed E-state index contributed by atoms with van der Waals surface area (Å²) in [5.74, 6) is 0.654. The van der Waals surface area contributed by atoms with Gasteiger partial charge in [-0.2, -0.15) is 0 Å². The fourth-order valence-corrected chi connectivity index (χ4v) is 4.75. The summed E-state index contributed by atoms with van der Waals surface area (Å²) in [7, 11) is 0. The van der Waals surface area contributed by atoms with Gasteiger partial charge in [0, 0.05) is 5.75 Å². The molecule has 9 heteroatoms. The molecular weight excluding hydrogens is 435 g/mol. The van der Waals surface area contributed by atoms with E-state index >= 15 is 0 Å². The molecule has 4 rings (SSSR count). The van der Waals surface area contributed by atoms with Crippen LogP contribution in [-0.4, -0.2) is 49.8 Å². The first kappa shape index (κ1) is 20.9. The summed E-state index contributed by atoms with van der Waals surface area (Å²) in [6.45, 7) is 1.63. The van der Waals surface area contributed by atoms with Gasteiger partial charge in [0.15, 0.2) is 11.4 Å². The number of nitrogens with zero attached hydrogens (tertiary/aromatic N) is 2. The van der Waals surface area contributed by atoms with E-state index < -0.39 is 31.1 Å². The van der Waals surface area contributed by atoms with Crippen molar-refractivity contribution in [2.24, 2.45) is 0 Å². The van der Waals surface area contributed by atoms with Gasteiger partial charge in [-0.3, -0.25) is 4.57 Å². The van der Waals surface area contributed by atoms with Crippen molar-refractivity contribution in [3.05, 3.63) is 57.6 Å². The van der Waals surface area contributed by atoms with Crippen LogP contribution in [-0.2, 0) is 10.5 Å². The van der Waals surface area contributed by atoms with Crippen molar-refractivity contribution in [2.45, 2.75) is 42.4 Å². The van der Waals surface area contributed by atoms with E-state index in [0.29, 0.717) is 32.0 Å². The highest BCUT2D eigenvalue weighted by Gasteiger charge is 2.44. The highest BCUT2D eigenvalue weighted by molar-refractivity contribution is 7.98. The zero-order valence-corrected chi connectivity index (χ0v) is 17.8. The van der Waals surface area contributed by atoms with Crippen molar-refractivity contribution in [3.63, 3.8) is 0 Å². The Hall–Kier alpha value is -1.32. The lowest BCUT2D eigenvalue weighted by Gasteiger charge is -2.20. The first-order valence-electron chi connectivity index (χ1n) is 9.07. The molecule has 29 heavy (non-hydrogen) atoms. The normalized spacial score (nSPS) is 24.5. The van der Waals surface area contributed by atoms with E-state index in [1.54, 1.807) is 16.7 Å². The Labute approximate surface area is 182 Å². The van der Waals surface area contributed by atoms with Crippen molar-refractivity contribution in [2.75, 3.05) is 6.61 Å². The molecule has 0 bridgehead atoms. The minimum absolute atomic E-state index is 0.349. The number of fused-ring (bicyclic) bond motifs is 1. The van der Waals surface area contributed by atoms with Gasteiger partial charge < -0.3 is 20.1 Å². The first-order chi connectivity index (χ1) is 13.9. The van der Waals surface area contributed by atoms with Crippen LogP contribution in [0, 0.1) is 6.92 Å². The highest BCUT2D eigenvalue weighted by Crippen LogP contribution is 2.39. The standard InChI is InChI=1S/C20H20Cl2N2O4S/c1-10-3-2-4-11(5-10)9-29-20-23-14-6-12(21)13(22)7-15(14)24(20)19-18(27)17(26)16(8-25)28-19/h2-7,16-19,25-27H,8-9H2,1H3/t16-,17-,18-,19-/m1/s1. The van der Waals surface area contributed by atoms with Gasteiger partial charge >= 0.3 is 0 Å². The second kappa shape index (κ2) is 8.43. The number of aliphatic hydroxyl groups excluding tert-OH is 3. The lowest BCUT2D eigenvalue weighted by atomic mass is 10.1. The third kappa shape index (κ3) is 4.01. The van der Waals surface area contributed by atoms with Crippen LogP contribution in [0.25, 0.3) is 11.0 Å². The molecule has 1 aliphatic heterocycles. The van der Waals surface area contributed by atoms with Crippen molar-refractivity contribution < 1.29 is 20.1 Å². The fourth-order valence-electron chi connectivity index (χ4n) is 3.46. The number of hydrogen-bond donors (Lipinski definition) is 3. The molecule has 4 atom stereocenters. The quantitative estimate of drug-likeness (QED) is 0.510. The minimum Gasteiger partial charge on any atom is -0.394 e. The molecule has 154 valence electrons. The molecule has 0 saturated carbocycles.